The predicted octanol–water partition coefficient (Wildman–Crippen LogP) is 2.30. The van der Waals surface area contributed by atoms with Crippen LogP contribution in [0.2, 0.25) is 0 Å². The average Bonchev–Trinajstić information content (AvgIpc) is 2.96. The minimum Gasteiger partial charge on any atom is -0.452 e. The first kappa shape index (κ1) is 22.1. The van der Waals surface area contributed by atoms with E-state index in [0.717, 1.165) is 36.7 Å². The molecule has 0 unspecified atom stereocenters. The number of likely N-dealkylation sites (tertiary alicyclic amines) is 1. The van der Waals surface area contributed by atoms with Gasteiger partial charge in [0.05, 0.1) is 6.42 Å². The summed E-state index contributed by atoms with van der Waals surface area (Å²) in [5.74, 6) is -0.799. The molecule has 8 heteroatoms. The molecule has 0 radical (unpaired) electrons. The highest BCUT2D eigenvalue weighted by atomic mass is 32.2. The number of esters is 1. The molecule has 2 rings (SSSR count). The van der Waals surface area contributed by atoms with Crippen molar-refractivity contribution in [1.29, 1.82) is 0 Å². The van der Waals surface area contributed by atoms with Crippen molar-refractivity contribution < 1.29 is 22.7 Å². The zero-order valence-electron chi connectivity index (χ0n) is 16.2. The van der Waals surface area contributed by atoms with Gasteiger partial charge in [-0.25, -0.2) is 13.1 Å². The van der Waals surface area contributed by atoms with Crippen molar-refractivity contribution >= 4 is 28.0 Å². The summed E-state index contributed by atoms with van der Waals surface area (Å²) in [6, 6.07) is 9.03. The Morgan fingerprint density at radius 1 is 1.14 bits per heavy atom. The molecule has 1 aliphatic heterocycles. The first-order valence-corrected chi connectivity index (χ1v) is 11.1. The predicted molar refractivity (Wildman–Crippen MR) is 108 cm³/mol. The standard InChI is InChI=1S/C20H28N2O5S/c1-17(20(24)22-14-7-2-3-8-15-22)27-19(23)11-13-21-28(25,26)16-12-18-9-5-4-6-10-18/h4-6,9-10,12,16-17,21H,2-3,7-8,11,13-15H2,1H3/b16-12+/t17-/m1/s1. The van der Waals surface area contributed by atoms with Crippen molar-refractivity contribution in [3.63, 3.8) is 0 Å². The summed E-state index contributed by atoms with van der Waals surface area (Å²) >= 11 is 0. The van der Waals surface area contributed by atoms with Crippen LogP contribution in [0.1, 0.15) is 44.6 Å². The zero-order valence-corrected chi connectivity index (χ0v) is 17.0. The summed E-state index contributed by atoms with van der Waals surface area (Å²) in [6.45, 7) is 2.84. The lowest BCUT2D eigenvalue weighted by Crippen LogP contribution is -2.40. The Kier molecular flexibility index (Phi) is 8.66. The smallest absolute Gasteiger partial charge is 0.307 e. The summed E-state index contributed by atoms with van der Waals surface area (Å²) in [6.07, 6.45) is 4.61. The van der Waals surface area contributed by atoms with Crippen LogP contribution in [0.4, 0.5) is 0 Å². The van der Waals surface area contributed by atoms with Gasteiger partial charge in [-0.3, -0.25) is 9.59 Å². The molecule has 1 N–H and O–H groups in total. The SMILES string of the molecule is C[C@@H](OC(=O)CCNS(=O)(=O)/C=C/c1ccccc1)C(=O)N1CCCCCC1. The lowest BCUT2D eigenvalue weighted by atomic mass is 10.2. The second-order valence-corrected chi connectivity index (χ2v) is 8.43. The summed E-state index contributed by atoms with van der Waals surface area (Å²) in [4.78, 5) is 26.0. The van der Waals surface area contributed by atoms with E-state index in [1.807, 2.05) is 18.2 Å². The molecule has 1 fully saturated rings. The second kappa shape index (κ2) is 11.0. The largest absolute Gasteiger partial charge is 0.452 e. The maximum atomic E-state index is 12.4. The van der Waals surface area contributed by atoms with Crippen molar-refractivity contribution in [2.24, 2.45) is 0 Å². The highest BCUT2D eigenvalue weighted by Gasteiger charge is 2.24. The van der Waals surface area contributed by atoms with Gasteiger partial charge < -0.3 is 9.64 Å². The van der Waals surface area contributed by atoms with E-state index in [4.69, 9.17) is 4.74 Å². The van der Waals surface area contributed by atoms with Crippen molar-refractivity contribution in [3.05, 3.63) is 41.3 Å². The lowest BCUT2D eigenvalue weighted by molar-refractivity contribution is -0.159. The van der Waals surface area contributed by atoms with E-state index in [9.17, 15) is 18.0 Å². The van der Waals surface area contributed by atoms with Crippen LogP contribution >= 0.6 is 0 Å². The van der Waals surface area contributed by atoms with Gasteiger partial charge in [-0.15, -0.1) is 0 Å². The number of carbonyl (C=O) groups is 2. The fourth-order valence-electron chi connectivity index (χ4n) is 2.93. The van der Waals surface area contributed by atoms with E-state index in [-0.39, 0.29) is 18.9 Å². The number of benzene rings is 1. The van der Waals surface area contributed by atoms with E-state index >= 15 is 0 Å². The van der Waals surface area contributed by atoms with Crippen LogP contribution in [0.25, 0.3) is 6.08 Å². The van der Waals surface area contributed by atoms with Crippen LogP contribution < -0.4 is 4.72 Å². The topological polar surface area (TPSA) is 92.8 Å². The van der Waals surface area contributed by atoms with Gasteiger partial charge in [-0.2, -0.15) is 0 Å². The minimum atomic E-state index is -3.65. The number of sulfonamides is 1. The molecule has 0 spiro atoms. The molecule has 1 aliphatic rings. The Hall–Kier alpha value is -2.19. The van der Waals surface area contributed by atoms with Gasteiger partial charge >= 0.3 is 5.97 Å². The molecule has 0 aliphatic carbocycles. The highest BCUT2D eigenvalue weighted by Crippen LogP contribution is 2.12. The van der Waals surface area contributed by atoms with E-state index < -0.39 is 22.1 Å². The maximum absolute atomic E-state index is 12.4. The van der Waals surface area contributed by atoms with Crippen molar-refractivity contribution in [3.8, 4) is 0 Å². The summed E-state index contributed by atoms with van der Waals surface area (Å²) in [7, 11) is -3.65. The Balaban J connectivity index is 1.73. The van der Waals surface area contributed by atoms with Gasteiger partial charge in [-0.05, 0) is 31.4 Å². The number of hydrogen-bond donors (Lipinski definition) is 1. The van der Waals surface area contributed by atoms with Crippen LogP contribution in [0, 0.1) is 0 Å². The van der Waals surface area contributed by atoms with Crippen LogP contribution in [0.3, 0.4) is 0 Å². The number of amides is 1. The van der Waals surface area contributed by atoms with Crippen LogP contribution in [0.15, 0.2) is 35.7 Å². The lowest BCUT2D eigenvalue weighted by Gasteiger charge is -2.24. The molecular formula is C20H28N2O5S. The first-order chi connectivity index (χ1) is 13.4. The van der Waals surface area contributed by atoms with E-state index in [0.29, 0.717) is 13.1 Å². The Bertz CT molecular complexity index is 769. The Morgan fingerprint density at radius 3 is 2.43 bits per heavy atom. The molecule has 1 heterocycles. The van der Waals surface area contributed by atoms with Crippen LogP contribution in [-0.4, -0.2) is 50.9 Å². The molecular weight excluding hydrogens is 380 g/mol. The third kappa shape index (κ3) is 7.82. The van der Waals surface area contributed by atoms with Crippen LogP contribution in [-0.2, 0) is 24.3 Å². The monoisotopic (exact) mass is 408 g/mol. The van der Waals surface area contributed by atoms with Crippen LogP contribution in [0.5, 0.6) is 0 Å². The number of rotatable bonds is 8. The average molecular weight is 409 g/mol. The molecule has 0 aromatic heterocycles. The minimum absolute atomic E-state index is 0.0923. The normalized spacial score (nSPS) is 16.5. The molecule has 1 aromatic carbocycles. The van der Waals surface area contributed by atoms with Crippen molar-refractivity contribution in [1.82, 2.24) is 9.62 Å². The van der Waals surface area contributed by atoms with Gasteiger partial charge in [0.15, 0.2) is 6.10 Å². The van der Waals surface area contributed by atoms with E-state index in [2.05, 4.69) is 4.72 Å². The first-order valence-electron chi connectivity index (χ1n) is 9.58. The molecule has 1 atom stereocenters. The molecule has 154 valence electrons. The molecule has 1 aromatic rings. The van der Waals surface area contributed by atoms with Gasteiger partial charge in [0.1, 0.15) is 0 Å². The van der Waals surface area contributed by atoms with Gasteiger partial charge in [0.2, 0.25) is 10.0 Å². The summed E-state index contributed by atoms with van der Waals surface area (Å²) < 4.78 is 31.4. The van der Waals surface area contributed by atoms with Crippen molar-refractivity contribution in [2.45, 2.75) is 45.1 Å². The second-order valence-electron chi connectivity index (χ2n) is 6.77. The molecule has 0 bridgehead atoms. The quantitative estimate of drug-likeness (QED) is 0.666. The molecule has 1 saturated heterocycles. The highest BCUT2D eigenvalue weighted by molar-refractivity contribution is 7.92. The van der Waals surface area contributed by atoms with Gasteiger partial charge in [0.25, 0.3) is 5.91 Å². The van der Waals surface area contributed by atoms with E-state index in [1.165, 1.54) is 6.08 Å². The number of nitrogens with zero attached hydrogens (tertiary/aromatic N) is 1. The molecule has 1 amide bonds. The number of carbonyl (C=O) groups excluding carboxylic acids is 2. The Morgan fingerprint density at radius 2 is 1.79 bits per heavy atom. The summed E-state index contributed by atoms with van der Waals surface area (Å²) in [5.41, 5.74) is 0.758. The summed E-state index contributed by atoms with van der Waals surface area (Å²) in [5, 5.41) is 1.05. The molecule has 7 nitrogen and oxygen atoms in total. The van der Waals surface area contributed by atoms with Crippen molar-refractivity contribution in [2.75, 3.05) is 19.6 Å². The van der Waals surface area contributed by atoms with Gasteiger partial charge in [0, 0.05) is 25.0 Å². The third-order valence-electron chi connectivity index (χ3n) is 4.45. The molecule has 0 saturated carbocycles. The number of nitrogens with one attached hydrogen (secondary N) is 1. The third-order valence-corrected chi connectivity index (χ3v) is 5.55. The maximum Gasteiger partial charge on any atom is 0.307 e. The van der Waals surface area contributed by atoms with Gasteiger partial charge in [-0.1, -0.05) is 43.2 Å². The fourth-order valence-corrected chi connectivity index (χ4v) is 3.75. The fraction of sp³-hybridized carbons (Fsp3) is 0.500. The van der Waals surface area contributed by atoms with E-state index in [1.54, 1.807) is 24.0 Å². The Labute approximate surface area is 166 Å². The molecule has 28 heavy (non-hydrogen) atoms. The number of hydrogen-bond acceptors (Lipinski definition) is 5. The number of ether oxygens (including phenoxy) is 1. The zero-order chi connectivity index (χ0) is 20.4.